The number of carbonyl (C=O) groups excluding carboxylic acids is 1. The molecule has 2 aliphatic heterocycles. The maximum Gasteiger partial charge on any atom is 0.257 e. The number of aryl methyl sites for hydroxylation is 2. The number of aromatic nitrogens is 5. The van der Waals surface area contributed by atoms with Gasteiger partial charge in [0.1, 0.15) is 0 Å². The topological polar surface area (TPSA) is 78.1 Å². The lowest BCUT2D eigenvalue weighted by atomic mass is 9.99. The van der Waals surface area contributed by atoms with Gasteiger partial charge < -0.3 is 9.64 Å². The van der Waals surface area contributed by atoms with Gasteiger partial charge >= 0.3 is 0 Å². The van der Waals surface area contributed by atoms with Crippen molar-refractivity contribution in [1.82, 2.24) is 29.7 Å². The van der Waals surface area contributed by atoms with Gasteiger partial charge in [-0.05, 0) is 19.8 Å². The van der Waals surface area contributed by atoms with Crippen LogP contribution in [-0.4, -0.2) is 54.8 Å². The average Bonchev–Trinajstić information content (AvgIpc) is 3.20. The molecule has 0 bridgehead atoms. The number of hydrogen-bond donors (Lipinski definition) is 0. The van der Waals surface area contributed by atoms with E-state index in [1.54, 1.807) is 6.20 Å². The van der Waals surface area contributed by atoms with Crippen LogP contribution in [0.1, 0.15) is 47.6 Å². The van der Waals surface area contributed by atoms with E-state index in [-0.39, 0.29) is 18.1 Å². The molecule has 0 saturated carbocycles. The van der Waals surface area contributed by atoms with Crippen molar-refractivity contribution in [2.75, 3.05) is 13.1 Å². The van der Waals surface area contributed by atoms with Crippen LogP contribution in [0.4, 0.5) is 0 Å². The fourth-order valence-electron chi connectivity index (χ4n) is 3.61. The van der Waals surface area contributed by atoms with Crippen LogP contribution < -0.4 is 0 Å². The van der Waals surface area contributed by atoms with Crippen molar-refractivity contribution in [1.29, 1.82) is 0 Å². The Morgan fingerprint density at radius 1 is 1.46 bits per heavy atom. The predicted octanol–water partition coefficient (Wildman–Crippen LogP) is 1.18. The summed E-state index contributed by atoms with van der Waals surface area (Å²) in [4.78, 5) is 14.8. The summed E-state index contributed by atoms with van der Waals surface area (Å²) in [5.41, 5.74) is 2.45. The smallest absolute Gasteiger partial charge is 0.257 e. The third kappa shape index (κ3) is 2.50. The summed E-state index contributed by atoms with van der Waals surface area (Å²) in [6, 6.07) is 0.0416. The predicted molar refractivity (Wildman–Crippen MR) is 85.4 cm³/mol. The second kappa shape index (κ2) is 6.01. The van der Waals surface area contributed by atoms with Gasteiger partial charge in [-0.15, -0.1) is 5.10 Å². The van der Waals surface area contributed by atoms with Gasteiger partial charge in [0.2, 0.25) is 0 Å². The number of ether oxygens (including phenoxy) is 1. The molecule has 4 rings (SSSR count). The van der Waals surface area contributed by atoms with E-state index >= 15 is 0 Å². The monoisotopic (exact) mass is 330 g/mol. The van der Waals surface area contributed by atoms with Gasteiger partial charge in [-0.2, -0.15) is 5.10 Å². The van der Waals surface area contributed by atoms with Crippen LogP contribution in [0.25, 0.3) is 0 Å². The number of rotatable bonds is 3. The van der Waals surface area contributed by atoms with Crippen LogP contribution in [0.2, 0.25) is 0 Å². The van der Waals surface area contributed by atoms with Crippen LogP contribution in [0, 0.1) is 6.92 Å². The van der Waals surface area contributed by atoms with E-state index < -0.39 is 0 Å². The third-order valence-corrected chi connectivity index (χ3v) is 4.85. The van der Waals surface area contributed by atoms with E-state index in [0.29, 0.717) is 25.3 Å². The Bertz CT molecular complexity index is 752. The standard InChI is InChI=1S/C16H22N6O2/c1-3-5-21-8-13(11(2)18-21)16(23)20-6-4-15-14(9-20)22-12(10-24-15)7-17-19-22/h7-8,14-15H,3-6,9-10H2,1-2H3/t14-,15-/m1/s1. The lowest BCUT2D eigenvalue weighted by Crippen LogP contribution is -2.50. The quantitative estimate of drug-likeness (QED) is 0.844. The van der Waals surface area contributed by atoms with Gasteiger partial charge in [-0.3, -0.25) is 9.48 Å². The van der Waals surface area contributed by atoms with Gasteiger partial charge in [0.05, 0.1) is 41.9 Å². The largest absolute Gasteiger partial charge is 0.370 e. The number of fused-ring (bicyclic) bond motifs is 3. The lowest BCUT2D eigenvalue weighted by Gasteiger charge is -2.40. The summed E-state index contributed by atoms with van der Waals surface area (Å²) in [5.74, 6) is 0.0422. The molecule has 0 N–H and O–H groups in total. The minimum Gasteiger partial charge on any atom is -0.370 e. The second-order valence-electron chi connectivity index (χ2n) is 6.52. The van der Waals surface area contributed by atoms with Gasteiger partial charge in [-0.25, -0.2) is 4.68 Å². The molecule has 8 heteroatoms. The zero-order valence-electron chi connectivity index (χ0n) is 14.1. The first-order valence-electron chi connectivity index (χ1n) is 8.51. The van der Waals surface area contributed by atoms with Crippen LogP contribution in [0.3, 0.4) is 0 Å². The molecule has 0 aliphatic carbocycles. The number of nitrogens with zero attached hydrogens (tertiary/aromatic N) is 6. The molecule has 2 aromatic heterocycles. The highest BCUT2D eigenvalue weighted by Crippen LogP contribution is 2.30. The fraction of sp³-hybridized carbons (Fsp3) is 0.625. The van der Waals surface area contributed by atoms with Crippen molar-refractivity contribution >= 4 is 5.91 Å². The Morgan fingerprint density at radius 2 is 2.33 bits per heavy atom. The van der Waals surface area contributed by atoms with Gasteiger partial charge in [0, 0.05) is 25.8 Å². The minimum atomic E-state index is 0.0416. The molecule has 128 valence electrons. The first-order valence-corrected chi connectivity index (χ1v) is 8.51. The number of carbonyl (C=O) groups is 1. The average molecular weight is 330 g/mol. The summed E-state index contributed by atoms with van der Waals surface area (Å²) >= 11 is 0. The van der Waals surface area contributed by atoms with E-state index in [1.165, 1.54) is 0 Å². The summed E-state index contributed by atoms with van der Waals surface area (Å²) in [6.45, 7) is 6.66. The highest BCUT2D eigenvalue weighted by molar-refractivity contribution is 5.95. The van der Waals surface area contributed by atoms with E-state index in [9.17, 15) is 4.79 Å². The molecule has 4 heterocycles. The van der Waals surface area contributed by atoms with Crippen LogP contribution in [-0.2, 0) is 17.9 Å². The Morgan fingerprint density at radius 3 is 3.17 bits per heavy atom. The molecule has 1 saturated heterocycles. The summed E-state index contributed by atoms with van der Waals surface area (Å²) < 4.78 is 9.68. The number of amides is 1. The highest BCUT2D eigenvalue weighted by Gasteiger charge is 2.38. The Labute approximate surface area is 140 Å². The second-order valence-corrected chi connectivity index (χ2v) is 6.52. The molecule has 2 aromatic rings. The van der Waals surface area contributed by atoms with Crippen molar-refractivity contribution in [3.8, 4) is 0 Å². The molecule has 0 unspecified atom stereocenters. The molecule has 2 atom stereocenters. The van der Waals surface area contributed by atoms with Gasteiger partial charge in [0.15, 0.2) is 0 Å². The van der Waals surface area contributed by atoms with E-state index in [4.69, 9.17) is 4.74 Å². The minimum absolute atomic E-state index is 0.0416. The highest BCUT2D eigenvalue weighted by atomic mass is 16.5. The number of hydrogen-bond acceptors (Lipinski definition) is 5. The van der Waals surface area contributed by atoms with Gasteiger partial charge in [0.25, 0.3) is 5.91 Å². The molecule has 0 radical (unpaired) electrons. The fourth-order valence-corrected chi connectivity index (χ4v) is 3.61. The molecule has 1 amide bonds. The molecule has 2 aliphatic rings. The maximum atomic E-state index is 12.9. The van der Waals surface area contributed by atoms with Crippen molar-refractivity contribution in [3.05, 3.63) is 29.3 Å². The van der Waals surface area contributed by atoms with E-state index in [1.807, 2.05) is 27.4 Å². The van der Waals surface area contributed by atoms with Crippen molar-refractivity contribution < 1.29 is 9.53 Å². The lowest BCUT2D eigenvalue weighted by molar-refractivity contribution is -0.0605. The zero-order valence-corrected chi connectivity index (χ0v) is 14.1. The number of likely N-dealkylation sites (tertiary alicyclic amines) is 1. The third-order valence-electron chi connectivity index (χ3n) is 4.85. The van der Waals surface area contributed by atoms with Crippen molar-refractivity contribution in [3.63, 3.8) is 0 Å². The molecular weight excluding hydrogens is 308 g/mol. The SMILES string of the molecule is CCCn1cc(C(=O)N2CC[C@H]3OCc4cnnn4[C@@H]3C2)c(C)n1. The summed E-state index contributed by atoms with van der Waals surface area (Å²) in [5, 5.41) is 12.6. The van der Waals surface area contributed by atoms with Crippen LogP contribution >= 0.6 is 0 Å². The van der Waals surface area contributed by atoms with E-state index in [0.717, 1.165) is 30.8 Å². The maximum absolute atomic E-state index is 12.9. The van der Waals surface area contributed by atoms with E-state index in [2.05, 4.69) is 22.3 Å². The Hall–Kier alpha value is -2.22. The first kappa shape index (κ1) is 15.3. The molecule has 24 heavy (non-hydrogen) atoms. The van der Waals surface area contributed by atoms with Crippen molar-refractivity contribution in [2.24, 2.45) is 0 Å². The molecule has 0 aromatic carbocycles. The summed E-state index contributed by atoms with van der Waals surface area (Å²) in [7, 11) is 0. The Kier molecular flexibility index (Phi) is 3.84. The zero-order chi connectivity index (χ0) is 16.7. The number of piperidine rings is 1. The van der Waals surface area contributed by atoms with Crippen LogP contribution in [0.15, 0.2) is 12.4 Å². The normalized spacial score (nSPS) is 23.0. The molecule has 8 nitrogen and oxygen atoms in total. The molecule has 1 fully saturated rings. The molecule has 0 spiro atoms. The van der Waals surface area contributed by atoms with Crippen molar-refractivity contribution in [2.45, 2.75) is 52.0 Å². The molecular formula is C16H22N6O2. The first-order chi connectivity index (χ1) is 11.7. The summed E-state index contributed by atoms with van der Waals surface area (Å²) in [6.07, 6.45) is 5.51. The van der Waals surface area contributed by atoms with Gasteiger partial charge in [-0.1, -0.05) is 12.1 Å². The van der Waals surface area contributed by atoms with Crippen LogP contribution in [0.5, 0.6) is 0 Å². The Balaban J connectivity index is 1.55.